The lowest BCUT2D eigenvalue weighted by molar-refractivity contribution is -0.186. The summed E-state index contributed by atoms with van der Waals surface area (Å²) in [5.41, 5.74) is 0.00146. The second-order valence-electron chi connectivity index (χ2n) is 9.74. The highest BCUT2D eigenvalue weighted by Gasteiger charge is 2.48. The second-order valence-corrected chi connectivity index (χ2v) is 9.74. The fourth-order valence-corrected chi connectivity index (χ4v) is 4.30. The lowest BCUT2D eigenvalue weighted by atomic mass is 9.94. The van der Waals surface area contributed by atoms with Crippen LogP contribution in [0.25, 0.3) is 11.2 Å². The van der Waals surface area contributed by atoms with Gasteiger partial charge in [-0.3, -0.25) is 9.69 Å². The van der Waals surface area contributed by atoms with Gasteiger partial charge in [0.05, 0.1) is 25.1 Å². The molecule has 7 atom stereocenters. The Labute approximate surface area is 205 Å². The van der Waals surface area contributed by atoms with Crippen LogP contribution in [0.4, 0.5) is 10.6 Å². The van der Waals surface area contributed by atoms with E-state index in [2.05, 4.69) is 30.6 Å². The van der Waals surface area contributed by atoms with Crippen molar-refractivity contribution in [3.8, 4) is 0 Å². The van der Waals surface area contributed by atoms with Crippen LogP contribution in [0.5, 0.6) is 0 Å². The van der Waals surface area contributed by atoms with Gasteiger partial charge in [-0.25, -0.2) is 19.7 Å². The summed E-state index contributed by atoms with van der Waals surface area (Å²) in [6, 6.07) is -2.53. The molecule has 2 aromatic rings. The molecule has 4 heterocycles. The van der Waals surface area contributed by atoms with Crippen LogP contribution in [0.2, 0.25) is 0 Å². The molecule has 198 valence electrons. The van der Waals surface area contributed by atoms with Crippen molar-refractivity contribution in [2.24, 2.45) is 0 Å². The number of imidazole rings is 1. The van der Waals surface area contributed by atoms with Gasteiger partial charge in [-0.15, -0.1) is 0 Å². The Balaban J connectivity index is 1.47. The van der Waals surface area contributed by atoms with Gasteiger partial charge in [0.25, 0.3) is 0 Å². The predicted octanol–water partition coefficient (Wildman–Crippen LogP) is -1.94. The first-order valence-corrected chi connectivity index (χ1v) is 11.5. The van der Waals surface area contributed by atoms with Gasteiger partial charge in [-0.1, -0.05) is 0 Å². The first-order chi connectivity index (χ1) is 17.0. The van der Waals surface area contributed by atoms with Crippen LogP contribution in [-0.4, -0.2) is 119 Å². The van der Waals surface area contributed by atoms with Gasteiger partial charge in [-0.05, 0) is 27.2 Å². The predicted molar refractivity (Wildman–Crippen MR) is 122 cm³/mol. The fourth-order valence-electron chi connectivity index (χ4n) is 4.30. The molecule has 7 N–H and O–H groups in total. The summed E-state index contributed by atoms with van der Waals surface area (Å²) in [5.74, 6) is -0.541. The monoisotopic (exact) mass is 509 g/mol. The SMILES string of the molecule is CC(C)(C)OC(=O)N1CC[C@@H](O)[C@H]1C(=O)N[C@@H]1[C@@H](O)[C@H](O)[C@@H](Nc2ncnc3nc[nH]c23)O[C@H]1CO. The van der Waals surface area contributed by atoms with Gasteiger partial charge in [0.15, 0.2) is 17.7 Å². The molecule has 15 heteroatoms. The zero-order chi connectivity index (χ0) is 26.2. The molecule has 4 rings (SSSR count). The lowest BCUT2D eigenvalue weighted by Gasteiger charge is -2.43. The maximum atomic E-state index is 13.1. The van der Waals surface area contributed by atoms with E-state index in [9.17, 15) is 30.0 Å². The summed E-state index contributed by atoms with van der Waals surface area (Å²) in [6.45, 7) is 4.52. The summed E-state index contributed by atoms with van der Waals surface area (Å²) in [7, 11) is 0. The minimum atomic E-state index is -1.58. The summed E-state index contributed by atoms with van der Waals surface area (Å²) in [4.78, 5) is 41.8. The molecule has 2 fully saturated rings. The summed E-state index contributed by atoms with van der Waals surface area (Å²) in [5, 5.41) is 47.2. The molecular formula is C21H31N7O8. The maximum Gasteiger partial charge on any atom is 0.411 e. The number of hydrogen-bond donors (Lipinski definition) is 7. The minimum absolute atomic E-state index is 0.0942. The molecule has 0 bridgehead atoms. The molecule has 0 spiro atoms. The second kappa shape index (κ2) is 10.1. The fraction of sp³-hybridized carbons (Fsp3) is 0.667. The first-order valence-electron chi connectivity index (χ1n) is 11.5. The van der Waals surface area contributed by atoms with Gasteiger partial charge in [0, 0.05) is 6.54 Å². The highest BCUT2D eigenvalue weighted by molar-refractivity contribution is 5.87. The molecule has 2 saturated heterocycles. The Hall–Kier alpha value is -3.11. The largest absolute Gasteiger partial charge is 0.444 e. The molecule has 0 aliphatic carbocycles. The number of H-pyrrole nitrogens is 1. The average Bonchev–Trinajstić information content (AvgIpc) is 3.44. The van der Waals surface area contributed by atoms with Crippen LogP contribution in [-0.2, 0) is 14.3 Å². The van der Waals surface area contributed by atoms with Crippen LogP contribution in [0.1, 0.15) is 27.2 Å². The molecule has 2 aliphatic rings. The van der Waals surface area contributed by atoms with Crippen LogP contribution in [0.15, 0.2) is 12.7 Å². The van der Waals surface area contributed by atoms with Gasteiger partial charge in [0.2, 0.25) is 5.91 Å². The number of carbonyl (C=O) groups excluding carboxylic acids is 2. The van der Waals surface area contributed by atoms with Crippen molar-refractivity contribution in [2.75, 3.05) is 18.5 Å². The standard InChI is InChI=1S/C21H31N7O8/c1-21(2,3)36-20(34)28-5-4-9(30)13(28)18(33)26-11-10(6-29)35-19(15(32)14(11)31)27-17-12-16(23-7-22-12)24-8-25-17/h7-11,13-15,19,29-32H,4-6H2,1-3H3,(H,26,33)(H2,22,23,24,25,27)/t9-,10+,11+,13+,14-,15+,19+/m1/s1. The topological polar surface area (TPSA) is 215 Å². The van der Waals surface area contributed by atoms with E-state index >= 15 is 0 Å². The Morgan fingerprint density at radius 3 is 2.67 bits per heavy atom. The highest BCUT2D eigenvalue weighted by Crippen LogP contribution is 2.26. The van der Waals surface area contributed by atoms with E-state index in [1.165, 1.54) is 12.7 Å². The number of hydrogen-bond acceptors (Lipinski definition) is 12. The zero-order valence-corrected chi connectivity index (χ0v) is 20.0. The van der Waals surface area contributed by atoms with Crippen molar-refractivity contribution in [2.45, 2.75) is 75.5 Å². The molecule has 0 saturated carbocycles. The lowest BCUT2D eigenvalue weighted by Crippen LogP contribution is -2.67. The Morgan fingerprint density at radius 2 is 1.97 bits per heavy atom. The van der Waals surface area contributed by atoms with Gasteiger partial charge in [-0.2, -0.15) is 0 Å². The zero-order valence-electron chi connectivity index (χ0n) is 20.0. The van der Waals surface area contributed by atoms with Crippen LogP contribution >= 0.6 is 0 Å². The van der Waals surface area contributed by atoms with E-state index in [-0.39, 0.29) is 18.8 Å². The first kappa shape index (κ1) is 26.0. The number of aromatic nitrogens is 4. The van der Waals surface area contributed by atoms with Gasteiger partial charge in [0.1, 0.15) is 41.8 Å². The van der Waals surface area contributed by atoms with E-state index in [0.29, 0.717) is 11.2 Å². The molecule has 36 heavy (non-hydrogen) atoms. The number of aliphatic hydroxyl groups is 4. The third kappa shape index (κ3) is 5.19. The number of ether oxygens (including phenoxy) is 2. The maximum absolute atomic E-state index is 13.1. The quantitative estimate of drug-likeness (QED) is 0.234. The Bertz CT molecular complexity index is 1090. The molecule has 0 unspecified atom stereocenters. The van der Waals surface area contributed by atoms with Crippen molar-refractivity contribution in [3.63, 3.8) is 0 Å². The number of nitrogens with one attached hydrogen (secondary N) is 3. The number of anilines is 1. The van der Waals surface area contributed by atoms with Crippen LogP contribution in [0, 0.1) is 0 Å². The molecule has 2 aromatic heterocycles. The van der Waals surface area contributed by atoms with Crippen molar-refractivity contribution >= 4 is 29.0 Å². The number of rotatable bonds is 5. The van der Waals surface area contributed by atoms with Gasteiger partial charge >= 0.3 is 6.09 Å². The van der Waals surface area contributed by atoms with Crippen molar-refractivity contribution in [3.05, 3.63) is 12.7 Å². The van der Waals surface area contributed by atoms with E-state index < -0.39 is 66.9 Å². The summed E-state index contributed by atoms with van der Waals surface area (Å²) >= 11 is 0. The van der Waals surface area contributed by atoms with E-state index in [0.717, 1.165) is 4.90 Å². The van der Waals surface area contributed by atoms with E-state index in [1.807, 2.05) is 0 Å². The average molecular weight is 510 g/mol. The minimum Gasteiger partial charge on any atom is -0.444 e. The molecule has 15 nitrogen and oxygen atoms in total. The van der Waals surface area contributed by atoms with E-state index in [1.54, 1.807) is 20.8 Å². The van der Waals surface area contributed by atoms with Crippen LogP contribution in [0.3, 0.4) is 0 Å². The number of fused-ring (bicyclic) bond motifs is 1. The number of nitrogens with zero attached hydrogens (tertiary/aromatic N) is 4. The number of carbonyl (C=O) groups is 2. The highest BCUT2D eigenvalue weighted by atomic mass is 16.6. The molecule has 0 aromatic carbocycles. The number of aromatic amines is 1. The third-order valence-corrected chi connectivity index (χ3v) is 6.00. The smallest absolute Gasteiger partial charge is 0.411 e. The van der Waals surface area contributed by atoms with Crippen LogP contribution < -0.4 is 10.6 Å². The normalized spacial score (nSPS) is 30.9. The third-order valence-electron chi connectivity index (χ3n) is 6.00. The van der Waals surface area contributed by atoms with Crippen molar-refractivity contribution < 1.29 is 39.5 Å². The summed E-state index contributed by atoms with van der Waals surface area (Å²) in [6.07, 6.45) is -4.59. The molecule has 2 amide bonds. The summed E-state index contributed by atoms with van der Waals surface area (Å²) < 4.78 is 11.1. The molecule has 2 aliphatic heterocycles. The van der Waals surface area contributed by atoms with E-state index in [4.69, 9.17) is 9.47 Å². The molecular weight excluding hydrogens is 478 g/mol. The van der Waals surface area contributed by atoms with Crippen molar-refractivity contribution in [1.29, 1.82) is 0 Å². The number of aliphatic hydroxyl groups excluding tert-OH is 4. The van der Waals surface area contributed by atoms with Crippen molar-refractivity contribution in [1.82, 2.24) is 30.2 Å². The van der Waals surface area contributed by atoms with Gasteiger partial charge < -0.3 is 45.5 Å². The number of amides is 2. The number of likely N-dealkylation sites (tertiary alicyclic amines) is 1. The molecule has 0 radical (unpaired) electrons. The Morgan fingerprint density at radius 1 is 1.22 bits per heavy atom. The Kier molecular flexibility index (Phi) is 7.28.